The quantitative estimate of drug-likeness (QED) is 0.628. The third-order valence-corrected chi connectivity index (χ3v) is 2.81. The number of amides is 1. The molecule has 1 aliphatic rings. The second kappa shape index (κ2) is 4.64. The van der Waals surface area contributed by atoms with Gasteiger partial charge in [0, 0.05) is 6.54 Å². The van der Waals surface area contributed by atoms with Crippen LogP contribution in [0.3, 0.4) is 0 Å². The van der Waals surface area contributed by atoms with Gasteiger partial charge < -0.3 is 4.90 Å². The minimum atomic E-state index is -4.58. The fraction of sp³-hybridized carbons (Fsp3) is 0.333. The number of hydrogen-bond donors (Lipinski definition) is 0. The lowest BCUT2D eigenvalue weighted by atomic mass is 10.1. The summed E-state index contributed by atoms with van der Waals surface area (Å²) in [5, 5.41) is 0. The predicted octanol–water partition coefficient (Wildman–Crippen LogP) is 2.59. The number of ketones is 1. The lowest BCUT2D eigenvalue weighted by molar-refractivity contribution is -0.137. The van der Waals surface area contributed by atoms with Crippen molar-refractivity contribution in [3.05, 3.63) is 29.3 Å². The number of fused-ring (bicyclic) bond motifs is 1. The molecule has 1 amide bonds. The molecule has 0 fully saturated rings. The van der Waals surface area contributed by atoms with Crippen LogP contribution in [0.15, 0.2) is 18.2 Å². The van der Waals surface area contributed by atoms with Gasteiger partial charge in [-0.25, -0.2) is 0 Å². The molecule has 1 aromatic carbocycles. The molecule has 2 rings (SSSR count). The fourth-order valence-corrected chi connectivity index (χ4v) is 1.92. The van der Waals surface area contributed by atoms with E-state index in [1.165, 1.54) is 0 Å². The minimum Gasteiger partial charge on any atom is -0.305 e. The Kier molecular flexibility index (Phi) is 3.30. The van der Waals surface area contributed by atoms with Crippen molar-refractivity contribution in [2.24, 2.45) is 0 Å². The largest absolute Gasteiger partial charge is 0.416 e. The molecule has 1 aliphatic heterocycles. The molecule has 0 saturated carbocycles. The lowest BCUT2D eigenvalue weighted by Gasteiger charge is -2.16. The number of carbonyl (C=O) groups excluding carboxylic acids is 2. The second-order valence-electron chi connectivity index (χ2n) is 4.06. The number of Topliss-reactive ketones (excluding diaryl/α,β-unsaturated/α-hetero) is 1. The molecule has 3 nitrogen and oxygen atoms in total. The minimum absolute atomic E-state index is 0.0273. The summed E-state index contributed by atoms with van der Waals surface area (Å²) in [6.45, 7) is -0.701. The number of alkyl halides is 4. The van der Waals surface area contributed by atoms with Crippen molar-refractivity contribution in [2.75, 3.05) is 18.1 Å². The molecule has 1 heterocycles. The van der Waals surface area contributed by atoms with Crippen molar-refractivity contribution in [3.63, 3.8) is 0 Å². The maximum Gasteiger partial charge on any atom is 0.416 e. The monoisotopic (exact) mass is 275 g/mol. The zero-order chi connectivity index (χ0) is 14.2. The van der Waals surface area contributed by atoms with Crippen LogP contribution in [0.4, 0.5) is 23.2 Å². The number of hydrogen-bond acceptors (Lipinski definition) is 2. The van der Waals surface area contributed by atoms with Crippen LogP contribution in [0.25, 0.3) is 0 Å². The molecule has 19 heavy (non-hydrogen) atoms. The molecule has 1 aromatic rings. The number of carbonyl (C=O) groups is 2. The third kappa shape index (κ3) is 2.32. The van der Waals surface area contributed by atoms with E-state index in [1.54, 1.807) is 0 Å². The van der Waals surface area contributed by atoms with E-state index in [4.69, 9.17) is 0 Å². The Balaban J connectivity index is 2.41. The smallest absolute Gasteiger partial charge is 0.305 e. The highest BCUT2D eigenvalue weighted by Crippen LogP contribution is 2.36. The zero-order valence-corrected chi connectivity index (χ0v) is 9.63. The van der Waals surface area contributed by atoms with E-state index in [-0.39, 0.29) is 24.2 Å². The van der Waals surface area contributed by atoms with Gasteiger partial charge in [-0.05, 0) is 24.6 Å². The van der Waals surface area contributed by atoms with Gasteiger partial charge in [-0.3, -0.25) is 14.0 Å². The Morgan fingerprint density at radius 3 is 2.42 bits per heavy atom. The Hall–Kier alpha value is -1.92. The van der Waals surface area contributed by atoms with Crippen LogP contribution in [-0.4, -0.2) is 24.9 Å². The van der Waals surface area contributed by atoms with Crippen LogP contribution in [0.2, 0.25) is 0 Å². The van der Waals surface area contributed by atoms with E-state index in [1.807, 2.05) is 0 Å². The molecule has 0 aromatic heterocycles. The molecule has 0 radical (unpaired) electrons. The van der Waals surface area contributed by atoms with E-state index in [9.17, 15) is 27.2 Å². The zero-order valence-electron chi connectivity index (χ0n) is 9.63. The van der Waals surface area contributed by atoms with Gasteiger partial charge >= 0.3 is 6.18 Å². The van der Waals surface area contributed by atoms with Gasteiger partial charge in [0.05, 0.1) is 23.5 Å². The van der Waals surface area contributed by atoms with Crippen molar-refractivity contribution in [2.45, 2.75) is 12.6 Å². The van der Waals surface area contributed by atoms with Crippen LogP contribution in [0.5, 0.6) is 0 Å². The van der Waals surface area contributed by atoms with Gasteiger partial charge in [0.2, 0.25) is 0 Å². The topological polar surface area (TPSA) is 37.4 Å². The van der Waals surface area contributed by atoms with Crippen molar-refractivity contribution >= 4 is 17.4 Å². The SMILES string of the molecule is O=C1C(=O)N(CCCF)c2ccc(C(F)(F)F)cc21. The molecule has 0 spiro atoms. The van der Waals surface area contributed by atoms with Crippen LogP contribution >= 0.6 is 0 Å². The maximum atomic E-state index is 12.5. The first-order valence-electron chi connectivity index (χ1n) is 5.49. The van der Waals surface area contributed by atoms with Crippen molar-refractivity contribution in [1.29, 1.82) is 0 Å². The summed E-state index contributed by atoms with van der Waals surface area (Å²) in [6, 6.07) is 2.53. The van der Waals surface area contributed by atoms with Gasteiger partial charge in [0.1, 0.15) is 0 Å². The molecule has 0 unspecified atom stereocenters. The summed E-state index contributed by atoms with van der Waals surface area (Å²) in [6.07, 6.45) is -4.55. The molecule has 0 N–H and O–H groups in total. The first-order chi connectivity index (χ1) is 8.86. The van der Waals surface area contributed by atoms with Gasteiger partial charge in [-0.1, -0.05) is 0 Å². The fourth-order valence-electron chi connectivity index (χ4n) is 1.92. The van der Waals surface area contributed by atoms with Crippen molar-refractivity contribution < 1.29 is 27.2 Å². The lowest BCUT2D eigenvalue weighted by Crippen LogP contribution is -2.30. The van der Waals surface area contributed by atoms with Crippen LogP contribution < -0.4 is 4.90 Å². The maximum absolute atomic E-state index is 12.5. The first kappa shape index (κ1) is 13.5. The number of rotatable bonds is 3. The van der Waals surface area contributed by atoms with Crippen molar-refractivity contribution in [1.82, 2.24) is 0 Å². The molecule has 0 atom stereocenters. The van der Waals surface area contributed by atoms with E-state index < -0.39 is 30.1 Å². The number of nitrogens with zero attached hydrogens (tertiary/aromatic N) is 1. The van der Waals surface area contributed by atoms with Crippen molar-refractivity contribution in [3.8, 4) is 0 Å². The Morgan fingerprint density at radius 2 is 1.84 bits per heavy atom. The highest BCUT2D eigenvalue weighted by Gasteiger charge is 2.38. The number of benzene rings is 1. The first-order valence-corrected chi connectivity index (χ1v) is 5.49. The van der Waals surface area contributed by atoms with E-state index in [0.717, 1.165) is 17.0 Å². The second-order valence-corrected chi connectivity index (χ2v) is 4.06. The Labute approximate surface area is 105 Å². The molecule has 7 heteroatoms. The third-order valence-electron chi connectivity index (χ3n) is 2.81. The highest BCUT2D eigenvalue weighted by molar-refractivity contribution is 6.52. The van der Waals surface area contributed by atoms with Crippen LogP contribution in [0.1, 0.15) is 22.3 Å². The summed E-state index contributed by atoms with van der Waals surface area (Å²) in [4.78, 5) is 24.2. The summed E-state index contributed by atoms with van der Waals surface area (Å²) < 4.78 is 49.7. The predicted molar refractivity (Wildman–Crippen MR) is 58.7 cm³/mol. The van der Waals surface area contributed by atoms with Gasteiger partial charge in [0.25, 0.3) is 11.7 Å². The molecule has 0 saturated heterocycles. The van der Waals surface area contributed by atoms with E-state index in [0.29, 0.717) is 6.07 Å². The summed E-state index contributed by atoms with van der Waals surface area (Å²) in [7, 11) is 0. The summed E-state index contributed by atoms with van der Waals surface area (Å²) >= 11 is 0. The average molecular weight is 275 g/mol. The molecule has 102 valence electrons. The average Bonchev–Trinajstić information content (AvgIpc) is 2.59. The molecule has 0 bridgehead atoms. The van der Waals surface area contributed by atoms with Crippen LogP contribution in [-0.2, 0) is 11.0 Å². The summed E-state index contributed by atoms with van der Waals surface area (Å²) in [5.41, 5.74) is -1.16. The van der Waals surface area contributed by atoms with Crippen LogP contribution in [0, 0.1) is 0 Å². The van der Waals surface area contributed by atoms with E-state index >= 15 is 0 Å². The molecular formula is C12H9F4NO2. The number of anilines is 1. The van der Waals surface area contributed by atoms with Gasteiger partial charge in [-0.2, -0.15) is 13.2 Å². The van der Waals surface area contributed by atoms with Gasteiger partial charge in [-0.15, -0.1) is 0 Å². The molecular weight excluding hydrogens is 266 g/mol. The van der Waals surface area contributed by atoms with Gasteiger partial charge in [0.15, 0.2) is 0 Å². The standard InChI is InChI=1S/C12H9F4NO2/c13-4-1-5-17-9-3-2-7(12(14,15)16)6-8(9)10(18)11(17)19/h2-3,6H,1,4-5H2. The Bertz CT molecular complexity index is 539. The summed E-state index contributed by atoms with van der Waals surface area (Å²) in [5.74, 6) is -1.90. The number of halogens is 4. The Morgan fingerprint density at radius 1 is 1.16 bits per heavy atom. The normalized spacial score (nSPS) is 15.1. The van der Waals surface area contributed by atoms with E-state index in [2.05, 4.69) is 0 Å². The highest BCUT2D eigenvalue weighted by atomic mass is 19.4. The molecule has 0 aliphatic carbocycles.